The molecule has 0 aliphatic heterocycles. The van der Waals surface area contributed by atoms with Gasteiger partial charge in [-0.25, -0.2) is 8.42 Å². The molecule has 0 radical (unpaired) electrons. The average Bonchev–Trinajstić information content (AvgIpc) is 2.46. The number of rotatable bonds is 4. The van der Waals surface area contributed by atoms with Crippen molar-refractivity contribution in [1.82, 2.24) is 0 Å². The fraction of sp³-hybridized carbons (Fsp3) is 0.200. The number of benzene rings is 2. The van der Waals surface area contributed by atoms with E-state index in [2.05, 4.69) is 0 Å². The Labute approximate surface area is 136 Å². The fourth-order valence-electron chi connectivity index (χ4n) is 1.89. The number of halogens is 4. The summed E-state index contributed by atoms with van der Waals surface area (Å²) >= 11 is 5.78. The van der Waals surface area contributed by atoms with Gasteiger partial charge in [-0.05, 0) is 36.4 Å². The molecule has 0 atom stereocenters. The topological polar surface area (TPSA) is 43.4 Å². The van der Waals surface area contributed by atoms with Crippen molar-refractivity contribution >= 4 is 21.4 Å². The minimum absolute atomic E-state index is 0.130. The molecule has 0 aliphatic rings. The predicted octanol–water partition coefficient (Wildman–Crippen LogP) is 4.94. The SMILES string of the molecule is CCS(=O)(=O)c1ccc(Oc2cccc(Cl)c2)cc1C(F)(F)F. The molecular weight excluding hydrogens is 353 g/mol. The Bertz CT molecular complexity index is 817. The van der Waals surface area contributed by atoms with E-state index in [0.29, 0.717) is 11.1 Å². The van der Waals surface area contributed by atoms with Crippen molar-refractivity contribution in [3.8, 4) is 11.5 Å². The first-order valence-electron chi connectivity index (χ1n) is 6.51. The van der Waals surface area contributed by atoms with Gasteiger partial charge in [0.1, 0.15) is 11.5 Å². The molecule has 0 unspecified atom stereocenters. The highest BCUT2D eigenvalue weighted by atomic mass is 35.5. The fourth-order valence-corrected chi connectivity index (χ4v) is 3.16. The summed E-state index contributed by atoms with van der Waals surface area (Å²) in [4.78, 5) is -0.758. The van der Waals surface area contributed by atoms with Gasteiger partial charge in [0.2, 0.25) is 0 Å². The molecule has 8 heteroatoms. The number of ether oxygens (including phenoxy) is 1. The molecule has 0 bridgehead atoms. The highest BCUT2D eigenvalue weighted by Gasteiger charge is 2.37. The molecule has 0 saturated heterocycles. The van der Waals surface area contributed by atoms with Crippen LogP contribution in [0.3, 0.4) is 0 Å². The molecule has 2 rings (SSSR count). The van der Waals surface area contributed by atoms with Crippen molar-refractivity contribution in [3.05, 3.63) is 53.1 Å². The molecule has 0 fully saturated rings. The Morgan fingerprint density at radius 1 is 1.09 bits per heavy atom. The van der Waals surface area contributed by atoms with Crippen LogP contribution >= 0.6 is 11.6 Å². The van der Waals surface area contributed by atoms with Gasteiger partial charge in [0.05, 0.1) is 16.2 Å². The summed E-state index contributed by atoms with van der Waals surface area (Å²) in [5, 5.41) is 0.365. The van der Waals surface area contributed by atoms with E-state index in [1.54, 1.807) is 12.1 Å². The van der Waals surface area contributed by atoms with Gasteiger partial charge < -0.3 is 4.74 Å². The number of hydrogen-bond acceptors (Lipinski definition) is 3. The predicted molar refractivity (Wildman–Crippen MR) is 80.7 cm³/mol. The molecule has 3 nitrogen and oxygen atoms in total. The minimum atomic E-state index is -4.81. The second-order valence-corrected chi connectivity index (χ2v) is 7.30. The van der Waals surface area contributed by atoms with Gasteiger partial charge in [0.15, 0.2) is 9.84 Å². The van der Waals surface area contributed by atoms with E-state index >= 15 is 0 Å². The van der Waals surface area contributed by atoms with E-state index in [-0.39, 0.29) is 11.5 Å². The van der Waals surface area contributed by atoms with Crippen molar-refractivity contribution in [2.45, 2.75) is 18.0 Å². The van der Waals surface area contributed by atoms with Gasteiger partial charge in [0.25, 0.3) is 0 Å². The zero-order chi connectivity index (χ0) is 17.3. The van der Waals surface area contributed by atoms with Crippen molar-refractivity contribution in [2.75, 3.05) is 5.75 Å². The van der Waals surface area contributed by atoms with Crippen molar-refractivity contribution in [1.29, 1.82) is 0 Å². The summed E-state index contributed by atoms with van der Waals surface area (Å²) in [6.45, 7) is 1.28. The van der Waals surface area contributed by atoms with Gasteiger partial charge in [-0.1, -0.05) is 24.6 Å². The lowest BCUT2D eigenvalue weighted by molar-refractivity contribution is -0.140. The Morgan fingerprint density at radius 2 is 1.74 bits per heavy atom. The van der Waals surface area contributed by atoms with Crippen LogP contribution in [0, 0.1) is 0 Å². The maximum absolute atomic E-state index is 13.2. The van der Waals surface area contributed by atoms with Crippen LogP contribution in [-0.4, -0.2) is 14.2 Å². The van der Waals surface area contributed by atoms with Crippen LogP contribution in [-0.2, 0) is 16.0 Å². The van der Waals surface area contributed by atoms with E-state index in [9.17, 15) is 21.6 Å². The highest BCUT2D eigenvalue weighted by molar-refractivity contribution is 7.91. The van der Waals surface area contributed by atoms with E-state index in [4.69, 9.17) is 16.3 Å². The third kappa shape index (κ3) is 4.17. The van der Waals surface area contributed by atoms with Crippen LogP contribution < -0.4 is 4.74 Å². The third-order valence-electron chi connectivity index (χ3n) is 3.00. The van der Waals surface area contributed by atoms with Crippen LogP contribution in [0.2, 0.25) is 5.02 Å². The molecule has 0 aromatic heterocycles. The normalized spacial score (nSPS) is 12.2. The number of sulfone groups is 1. The smallest absolute Gasteiger partial charge is 0.417 e. The van der Waals surface area contributed by atoms with Crippen LogP contribution in [0.5, 0.6) is 11.5 Å². The molecule has 0 saturated carbocycles. The van der Waals surface area contributed by atoms with E-state index < -0.39 is 32.2 Å². The summed E-state index contributed by atoms with van der Waals surface area (Å²) in [6, 6.07) is 8.88. The first kappa shape index (κ1) is 17.6. The molecular formula is C15H12ClF3O3S. The first-order valence-corrected chi connectivity index (χ1v) is 8.54. The standard InChI is InChI=1S/C15H12ClF3O3S/c1-2-23(20,21)14-7-6-12(9-13(14)15(17,18)19)22-11-5-3-4-10(16)8-11/h3-9H,2H2,1H3. The summed E-state index contributed by atoms with van der Waals surface area (Å²) < 4.78 is 68.4. The first-order chi connectivity index (χ1) is 10.6. The lowest BCUT2D eigenvalue weighted by atomic mass is 10.2. The largest absolute Gasteiger partial charge is 0.457 e. The third-order valence-corrected chi connectivity index (χ3v) is 5.02. The van der Waals surface area contributed by atoms with Crippen LogP contribution in [0.4, 0.5) is 13.2 Å². The summed E-state index contributed by atoms with van der Waals surface area (Å²) in [6.07, 6.45) is -4.81. The van der Waals surface area contributed by atoms with Gasteiger partial charge in [-0.2, -0.15) is 13.2 Å². The molecule has 0 N–H and O–H groups in total. The van der Waals surface area contributed by atoms with Gasteiger partial charge in [0, 0.05) is 5.02 Å². The monoisotopic (exact) mass is 364 g/mol. The maximum atomic E-state index is 13.2. The van der Waals surface area contributed by atoms with E-state index in [1.165, 1.54) is 25.1 Å². The zero-order valence-corrected chi connectivity index (χ0v) is 13.5. The Kier molecular flexibility index (Phi) is 4.91. The average molecular weight is 365 g/mol. The van der Waals surface area contributed by atoms with Crippen molar-refractivity contribution in [2.24, 2.45) is 0 Å². The van der Waals surface area contributed by atoms with Gasteiger partial charge >= 0.3 is 6.18 Å². The Balaban J connectivity index is 2.49. The quantitative estimate of drug-likeness (QED) is 0.771. The van der Waals surface area contributed by atoms with Crippen molar-refractivity contribution < 1.29 is 26.3 Å². The minimum Gasteiger partial charge on any atom is -0.457 e. The Hall–Kier alpha value is -1.73. The highest BCUT2D eigenvalue weighted by Crippen LogP contribution is 2.38. The molecule has 0 amide bonds. The molecule has 2 aromatic rings. The van der Waals surface area contributed by atoms with Gasteiger partial charge in [-0.15, -0.1) is 0 Å². The van der Waals surface area contributed by atoms with E-state index in [1.807, 2.05) is 0 Å². The Morgan fingerprint density at radius 3 is 2.30 bits per heavy atom. The summed E-state index contributed by atoms with van der Waals surface area (Å²) in [5.74, 6) is -0.309. The molecule has 124 valence electrons. The number of hydrogen-bond donors (Lipinski definition) is 0. The zero-order valence-electron chi connectivity index (χ0n) is 11.9. The lowest BCUT2D eigenvalue weighted by Gasteiger charge is -2.14. The van der Waals surface area contributed by atoms with Crippen molar-refractivity contribution in [3.63, 3.8) is 0 Å². The number of alkyl halides is 3. The summed E-state index contributed by atoms with van der Waals surface area (Å²) in [7, 11) is -4.00. The van der Waals surface area contributed by atoms with Crippen LogP contribution in [0.1, 0.15) is 12.5 Å². The van der Waals surface area contributed by atoms with Crippen LogP contribution in [0.25, 0.3) is 0 Å². The molecule has 0 aliphatic carbocycles. The second kappa shape index (κ2) is 6.41. The maximum Gasteiger partial charge on any atom is 0.417 e. The second-order valence-electron chi connectivity index (χ2n) is 4.62. The van der Waals surface area contributed by atoms with E-state index in [0.717, 1.165) is 6.07 Å². The summed E-state index contributed by atoms with van der Waals surface area (Å²) in [5.41, 5.74) is -1.25. The van der Waals surface area contributed by atoms with Crippen LogP contribution in [0.15, 0.2) is 47.4 Å². The molecule has 0 spiro atoms. The molecule has 2 aromatic carbocycles. The molecule has 0 heterocycles. The van der Waals surface area contributed by atoms with Gasteiger partial charge in [-0.3, -0.25) is 0 Å². The molecule has 23 heavy (non-hydrogen) atoms. The lowest BCUT2D eigenvalue weighted by Crippen LogP contribution is -2.14.